The van der Waals surface area contributed by atoms with E-state index in [0.717, 1.165) is 34.6 Å². The van der Waals surface area contributed by atoms with Crippen LogP contribution in [0, 0.1) is 13.8 Å². The third-order valence-corrected chi connectivity index (χ3v) is 7.48. The summed E-state index contributed by atoms with van der Waals surface area (Å²) in [6.07, 6.45) is 5.70. The Hall–Kier alpha value is -3.38. The Balaban J connectivity index is 1.83. The summed E-state index contributed by atoms with van der Waals surface area (Å²) in [4.78, 5) is 24.6. The Kier molecular flexibility index (Phi) is 9.92. The van der Waals surface area contributed by atoms with Crippen molar-refractivity contribution in [2.75, 3.05) is 6.54 Å². The molecule has 3 aromatic rings. The van der Waals surface area contributed by atoms with Crippen LogP contribution in [0.4, 0.5) is 0 Å². The van der Waals surface area contributed by atoms with Gasteiger partial charge >= 0.3 is 5.97 Å². The largest absolute Gasteiger partial charge is 0.481 e. The van der Waals surface area contributed by atoms with Gasteiger partial charge in [-0.3, -0.25) is 9.59 Å². The van der Waals surface area contributed by atoms with Crippen LogP contribution in [0.3, 0.4) is 0 Å². The number of aryl methyl sites for hydroxylation is 2. The zero-order valence-corrected chi connectivity index (χ0v) is 24.1. The average molecular weight is 534 g/mol. The van der Waals surface area contributed by atoms with Gasteiger partial charge in [0, 0.05) is 11.4 Å². The SMILES string of the molecule is CCC/C=C\C(Oc1cc(C)c(-c2ccc(C(C)(C)C)cc2)c(C)c1)c1ccc(C(=O)NCCC(=O)O)s1. The molecule has 0 spiro atoms. The van der Waals surface area contributed by atoms with Gasteiger partial charge in [-0.1, -0.05) is 64.5 Å². The van der Waals surface area contributed by atoms with Crippen molar-refractivity contribution in [3.8, 4) is 16.9 Å². The van der Waals surface area contributed by atoms with Crippen molar-refractivity contribution in [2.45, 2.75) is 72.3 Å². The Morgan fingerprint density at radius 3 is 2.29 bits per heavy atom. The van der Waals surface area contributed by atoms with Crippen LogP contribution in [-0.4, -0.2) is 23.5 Å². The molecule has 202 valence electrons. The van der Waals surface area contributed by atoms with Crippen LogP contribution in [0.25, 0.3) is 11.1 Å². The molecule has 0 aliphatic rings. The van der Waals surface area contributed by atoms with Crippen LogP contribution in [0.5, 0.6) is 5.75 Å². The number of amides is 1. The minimum Gasteiger partial charge on any atom is -0.481 e. The molecule has 3 rings (SSSR count). The number of ether oxygens (including phenoxy) is 1. The third-order valence-electron chi connectivity index (χ3n) is 6.33. The van der Waals surface area contributed by atoms with Crippen molar-refractivity contribution in [2.24, 2.45) is 0 Å². The lowest BCUT2D eigenvalue weighted by molar-refractivity contribution is -0.136. The number of thiophene rings is 1. The Morgan fingerprint density at radius 1 is 1.05 bits per heavy atom. The van der Waals surface area contributed by atoms with Gasteiger partial charge in [0.25, 0.3) is 5.91 Å². The lowest BCUT2D eigenvalue weighted by Crippen LogP contribution is -2.25. The highest BCUT2D eigenvalue weighted by Gasteiger charge is 2.18. The van der Waals surface area contributed by atoms with Crippen molar-refractivity contribution in [3.05, 3.63) is 87.1 Å². The monoisotopic (exact) mass is 533 g/mol. The number of carbonyl (C=O) groups excluding carboxylic acids is 1. The zero-order chi connectivity index (χ0) is 27.9. The van der Waals surface area contributed by atoms with Gasteiger partial charge in [0.05, 0.1) is 11.3 Å². The molecule has 0 aliphatic carbocycles. The van der Waals surface area contributed by atoms with E-state index in [1.54, 1.807) is 6.07 Å². The van der Waals surface area contributed by atoms with Crippen molar-refractivity contribution in [1.29, 1.82) is 0 Å². The number of nitrogens with one attached hydrogen (secondary N) is 1. The van der Waals surface area contributed by atoms with Gasteiger partial charge in [0.15, 0.2) is 6.10 Å². The average Bonchev–Trinajstić information content (AvgIpc) is 3.33. The minimum absolute atomic E-state index is 0.0988. The standard InChI is InChI=1S/C32H39NO4S/c1-7-8-9-10-26(27-15-16-28(38-27)31(36)33-18-17-29(34)35)37-25-19-21(2)30(22(3)20-25)23-11-13-24(14-12-23)32(4,5)6/h9-16,19-20,26H,7-8,17-18H2,1-6H3,(H,33,36)(H,34,35)/b10-9-. The molecule has 0 saturated heterocycles. The van der Waals surface area contributed by atoms with Crippen LogP contribution in [0.1, 0.15) is 84.3 Å². The molecule has 1 atom stereocenters. The van der Waals surface area contributed by atoms with Crippen LogP contribution < -0.4 is 10.1 Å². The fraction of sp³-hybridized carbons (Fsp3) is 0.375. The molecule has 1 heterocycles. The highest BCUT2D eigenvalue weighted by molar-refractivity contribution is 7.14. The molecule has 1 amide bonds. The Labute approximate surface area is 230 Å². The van der Waals surface area contributed by atoms with E-state index in [4.69, 9.17) is 9.84 Å². The molecule has 1 aromatic heterocycles. The van der Waals surface area contributed by atoms with Crippen LogP contribution in [0.2, 0.25) is 0 Å². The summed E-state index contributed by atoms with van der Waals surface area (Å²) < 4.78 is 6.48. The molecule has 6 heteroatoms. The lowest BCUT2D eigenvalue weighted by Gasteiger charge is -2.20. The predicted molar refractivity (Wildman–Crippen MR) is 156 cm³/mol. The van der Waals surface area contributed by atoms with Gasteiger partial charge in [-0.25, -0.2) is 0 Å². The number of rotatable bonds is 11. The summed E-state index contributed by atoms with van der Waals surface area (Å²) in [6, 6.07) is 16.6. The van der Waals surface area contributed by atoms with E-state index in [-0.39, 0.29) is 30.4 Å². The second-order valence-corrected chi connectivity index (χ2v) is 11.7. The highest BCUT2D eigenvalue weighted by Crippen LogP contribution is 2.35. The number of unbranched alkanes of at least 4 members (excludes halogenated alkanes) is 1. The van der Waals surface area contributed by atoms with Gasteiger partial charge in [-0.15, -0.1) is 11.3 Å². The second kappa shape index (κ2) is 12.9. The van der Waals surface area contributed by atoms with Crippen molar-refractivity contribution in [3.63, 3.8) is 0 Å². The number of carbonyl (C=O) groups is 2. The van der Waals surface area contributed by atoms with E-state index in [9.17, 15) is 9.59 Å². The molecule has 2 N–H and O–H groups in total. The summed E-state index contributed by atoms with van der Waals surface area (Å²) in [7, 11) is 0. The summed E-state index contributed by atoms with van der Waals surface area (Å²) in [5, 5.41) is 11.5. The molecule has 2 aromatic carbocycles. The van der Waals surface area contributed by atoms with Gasteiger partial charge in [-0.05, 0) is 83.8 Å². The van der Waals surface area contributed by atoms with Crippen molar-refractivity contribution < 1.29 is 19.4 Å². The number of allylic oxidation sites excluding steroid dienone is 1. The quantitative estimate of drug-likeness (QED) is 0.245. The fourth-order valence-corrected chi connectivity index (χ4v) is 5.24. The van der Waals surface area contributed by atoms with E-state index in [1.165, 1.54) is 28.0 Å². The number of hydrogen-bond acceptors (Lipinski definition) is 4. The first-order valence-electron chi connectivity index (χ1n) is 13.1. The molecule has 0 saturated carbocycles. The molecule has 38 heavy (non-hydrogen) atoms. The second-order valence-electron chi connectivity index (χ2n) is 10.6. The van der Waals surface area contributed by atoms with Gasteiger partial charge < -0.3 is 15.2 Å². The van der Waals surface area contributed by atoms with E-state index in [0.29, 0.717) is 4.88 Å². The number of benzene rings is 2. The normalized spacial score (nSPS) is 12.5. The van der Waals surface area contributed by atoms with Crippen LogP contribution in [-0.2, 0) is 10.2 Å². The molecule has 0 fully saturated rings. The topological polar surface area (TPSA) is 75.6 Å². The molecule has 0 radical (unpaired) electrons. The zero-order valence-electron chi connectivity index (χ0n) is 23.3. The summed E-state index contributed by atoms with van der Waals surface area (Å²) >= 11 is 1.36. The molecule has 5 nitrogen and oxygen atoms in total. The smallest absolute Gasteiger partial charge is 0.305 e. The summed E-state index contributed by atoms with van der Waals surface area (Å²) in [5.74, 6) is -0.431. The van der Waals surface area contributed by atoms with E-state index in [1.807, 2.05) is 12.1 Å². The maximum atomic E-state index is 12.5. The first-order valence-corrected chi connectivity index (χ1v) is 14.0. The number of carboxylic acids is 1. The van der Waals surface area contributed by atoms with Crippen LogP contribution >= 0.6 is 11.3 Å². The summed E-state index contributed by atoms with van der Waals surface area (Å²) in [5.41, 5.74) is 6.11. The first kappa shape index (κ1) is 29.2. The Bertz CT molecular complexity index is 1260. The Morgan fingerprint density at radius 2 is 1.71 bits per heavy atom. The van der Waals surface area contributed by atoms with Gasteiger partial charge in [-0.2, -0.15) is 0 Å². The van der Waals surface area contributed by atoms with Gasteiger partial charge in [0.2, 0.25) is 0 Å². The number of aliphatic carboxylic acids is 1. The minimum atomic E-state index is -0.940. The maximum absolute atomic E-state index is 12.5. The van der Waals surface area contributed by atoms with Crippen molar-refractivity contribution in [1.82, 2.24) is 5.32 Å². The number of carboxylic acid groups (broad SMARTS) is 1. The van der Waals surface area contributed by atoms with Crippen LogP contribution in [0.15, 0.2) is 60.7 Å². The van der Waals surface area contributed by atoms with Gasteiger partial charge in [0.1, 0.15) is 5.75 Å². The first-order chi connectivity index (χ1) is 18.0. The lowest BCUT2D eigenvalue weighted by atomic mass is 9.85. The van der Waals surface area contributed by atoms with Crippen molar-refractivity contribution >= 4 is 23.2 Å². The maximum Gasteiger partial charge on any atom is 0.305 e. The number of hydrogen-bond donors (Lipinski definition) is 2. The van der Waals surface area contributed by atoms with E-state index >= 15 is 0 Å². The molecular formula is C32H39NO4S. The third kappa shape index (κ3) is 7.81. The van der Waals surface area contributed by atoms with E-state index in [2.05, 4.69) is 89.3 Å². The molecule has 1 unspecified atom stereocenters. The molecular weight excluding hydrogens is 494 g/mol. The van der Waals surface area contributed by atoms with E-state index < -0.39 is 5.97 Å². The fourth-order valence-electron chi connectivity index (χ4n) is 4.31. The molecule has 0 bridgehead atoms. The summed E-state index contributed by atoms with van der Waals surface area (Å²) in [6.45, 7) is 13.1. The molecule has 0 aliphatic heterocycles. The highest BCUT2D eigenvalue weighted by atomic mass is 32.1. The predicted octanol–water partition coefficient (Wildman–Crippen LogP) is 8.01.